The molecular formula is C12H8BrClN2. The first-order valence-electron chi connectivity index (χ1n) is 4.58. The van der Waals surface area contributed by atoms with E-state index in [1.807, 2.05) is 25.2 Å². The number of hydrogen-bond acceptors (Lipinski definition) is 1. The van der Waals surface area contributed by atoms with Gasteiger partial charge in [-0.1, -0.05) is 29.7 Å². The number of aromatic nitrogens is 2. The van der Waals surface area contributed by atoms with E-state index in [0.717, 1.165) is 21.3 Å². The number of hydrogen-bond donors (Lipinski definition) is 0. The van der Waals surface area contributed by atoms with Gasteiger partial charge in [0.1, 0.15) is 5.69 Å². The van der Waals surface area contributed by atoms with Crippen LogP contribution in [0.4, 0.5) is 0 Å². The van der Waals surface area contributed by atoms with E-state index in [1.165, 1.54) is 0 Å². The van der Waals surface area contributed by atoms with Crippen LogP contribution in [0.3, 0.4) is 0 Å². The Hall–Kier alpha value is -1.24. The summed E-state index contributed by atoms with van der Waals surface area (Å²) in [5.74, 6) is 2.60. The van der Waals surface area contributed by atoms with Crippen molar-refractivity contribution in [3.05, 3.63) is 39.5 Å². The molecule has 1 aromatic heterocycles. The molecule has 16 heavy (non-hydrogen) atoms. The van der Waals surface area contributed by atoms with Gasteiger partial charge in [-0.3, -0.25) is 4.68 Å². The molecule has 0 saturated carbocycles. The van der Waals surface area contributed by atoms with Crippen molar-refractivity contribution in [1.29, 1.82) is 0 Å². The minimum atomic E-state index is 0.623. The van der Waals surface area contributed by atoms with Gasteiger partial charge in [0.15, 0.2) is 0 Å². The fourth-order valence-corrected chi connectivity index (χ4v) is 2.06. The normalized spacial score (nSPS) is 10.1. The summed E-state index contributed by atoms with van der Waals surface area (Å²) in [5, 5.41) is 4.95. The molecule has 80 valence electrons. The molecule has 0 saturated heterocycles. The maximum Gasteiger partial charge on any atom is 0.109 e. The topological polar surface area (TPSA) is 17.8 Å². The predicted molar refractivity (Wildman–Crippen MR) is 69.3 cm³/mol. The SMILES string of the molecule is C#Cc1cn(C)nc1-c1cccc(Br)c1Cl. The molecule has 0 unspecified atom stereocenters. The highest BCUT2D eigenvalue weighted by molar-refractivity contribution is 9.10. The number of terminal acetylenes is 1. The number of rotatable bonds is 1. The van der Waals surface area contributed by atoms with Crippen LogP contribution < -0.4 is 0 Å². The first-order valence-corrected chi connectivity index (χ1v) is 5.75. The molecule has 0 aliphatic carbocycles. The van der Waals surface area contributed by atoms with Crippen LogP contribution in [0.1, 0.15) is 5.56 Å². The van der Waals surface area contributed by atoms with Crippen LogP contribution in [-0.2, 0) is 7.05 Å². The van der Waals surface area contributed by atoms with E-state index in [9.17, 15) is 0 Å². The van der Waals surface area contributed by atoms with Crippen LogP contribution in [0.25, 0.3) is 11.3 Å². The number of halogens is 2. The third-order valence-corrected chi connectivity index (χ3v) is 3.49. The van der Waals surface area contributed by atoms with Crippen molar-refractivity contribution < 1.29 is 0 Å². The quantitative estimate of drug-likeness (QED) is 0.737. The molecule has 0 aliphatic heterocycles. The molecule has 0 radical (unpaired) electrons. The Morgan fingerprint density at radius 3 is 2.94 bits per heavy atom. The van der Waals surface area contributed by atoms with E-state index in [-0.39, 0.29) is 0 Å². The summed E-state index contributed by atoms with van der Waals surface area (Å²) >= 11 is 9.58. The maximum atomic E-state index is 6.20. The molecule has 2 nitrogen and oxygen atoms in total. The summed E-state index contributed by atoms with van der Waals surface area (Å²) in [4.78, 5) is 0. The molecule has 2 rings (SSSR count). The maximum absolute atomic E-state index is 6.20. The summed E-state index contributed by atoms with van der Waals surface area (Å²) < 4.78 is 2.52. The van der Waals surface area contributed by atoms with Crippen LogP contribution >= 0.6 is 27.5 Å². The first-order chi connectivity index (χ1) is 7.63. The van der Waals surface area contributed by atoms with E-state index >= 15 is 0 Å². The Morgan fingerprint density at radius 2 is 2.25 bits per heavy atom. The molecule has 0 atom stereocenters. The summed E-state index contributed by atoms with van der Waals surface area (Å²) in [6, 6.07) is 5.68. The second-order valence-electron chi connectivity index (χ2n) is 3.31. The van der Waals surface area contributed by atoms with Crippen LogP contribution in [-0.4, -0.2) is 9.78 Å². The zero-order valence-electron chi connectivity index (χ0n) is 8.54. The van der Waals surface area contributed by atoms with Gasteiger partial charge in [0, 0.05) is 23.3 Å². The Bertz CT molecular complexity index is 581. The molecule has 0 bridgehead atoms. The van der Waals surface area contributed by atoms with Crippen LogP contribution in [0, 0.1) is 12.3 Å². The van der Waals surface area contributed by atoms with Crippen LogP contribution in [0.2, 0.25) is 5.02 Å². The molecule has 0 fully saturated rings. The molecule has 0 spiro atoms. The van der Waals surface area contributed by atoms with Gasteiger partial charge in [0.05, 0.1) is 10.6 Å². The monoisotopic (exact) mass is 294 g/mol. The molecule has 1 aromatic carbocycles. The molecule has 0 N–H and O–H groups in total. The van der Waals surface area contributed by atoms with Gasteiger partial charge in [-0.2, -0.15) is 5.10 Å². The van der Waals surface area contributed by atoms with Crippen molar-refractivity contribution in [2.24, 2.45) is 7.05 Å². The van der Waals surface area contributed by atoms with Crippen molar-refractivity contribution in [2.45, 2.75) is 0 Å². The van der Waals surface area contributed by atoms with Crippen molar-refractivity contribution in [3.8, 4) is 23.6 Å². The minimum Gasteiger partial charge on any atom is -0.274 e. The highest BCUT2D eigenvalue weighted by Crippen LogP contribution is 2.34. The standard InChI is InChI=1S/C12H8BrClN2/c1-3-8-7-16(2)15-12(8)9-5-4-6-10(13)11(9)14/h1,4-7H,2H3. The third-order valence-electron chi connectivity index (χ3n) is 2.19. The number of aryl methyl sites for hydroxylation is 1. The molecule has 2 aromatic rings. The Balaban J connectivity index is 2.68. The van der Waals surface area contributed by atoms with Gasteiger partial charge < -0.3 is 0 Å². The lowest BCUT2D eigenvalue weighted by atomic mass is 10.1. The first kappa shape index (κ1) is 11.3. The largest absolute Gasteiger partial charge is 0.274 e. The number of nitrogens with zero attached hydrogens (tertiary/aromatic N) is 2. The van der Waals surface area contributed by atoms with Crippen molar-refractivity contribution in [1.82, 2.24) is 9.78 Å². The smallest absolute Gasteiger partial charge is 0.109 e. The fourth-order valence-electron chi connectivity index (χ4n) is 1.48. The van der Waals surface area contributed by atoms with Crippen molar-refractivity contribution >= 4 is 27.5 Å². The highest BCUT2D eigenvalue weighted by atomic mass is 79.9. The zero-order valence-corrected chi connectivity index (χ0v) is 10.9. The Morgan fingerprint density at radius 1 is 1.50 bits per heavy atom. The molecule has 1 heterocycles. The van der Waals surface area contributed by atoms with E-state index in [2.05, 4.69) is 26.9 Å². The van der Waals surface area contributed by atoms with Crippen molar-refractivity contribution in [3.63, 3.8) is 0 Å². The summed E-state index contributed by atoms with van der Waals surface area (Å²) in [6.45, 7) is 0. The summed E-state index contributed by atoms with van der Waals surface area (Å²) in [7, 11) is 1.83. The second-order valence-corrected chi connectivity index (χ2v) is 4.54. The molecular weight excluding hydrogens is 288 g/mol. The van der Waals surface area contributed by atoms with Gasteiger partial charge in [-0.25, -0.2) is 0 Å². The molecule has 0 amide bonds. The van der Waals surface area contributed by atoms with Gasteiger partial charge in [0.2, 0.25) is 0 Å². The lowest BCUT2D eigenvalue weighted by Crippen LogP contribution is -1.88. The van der Waals surface area contributed by atoms with Gasteiger partial charge >= 0.3 is 0 Å². The minimum absolute atomic E-state index is 0.623. The van der Waals surface area contributed by atoms with Crippen molar-refractivity contribution in [2.75, 3.05) is 0 Å². The highest BCUT2D eigenvalue weighted by Gasteiger charge is 2.13. The summed E-state index contributed by atoms with van der Waals surface area (Å²) in [6.07, 6.45) is 7.23. The van der Waals surface area contributed by atoms with Crippen LogP contribution in [0.15, 0.2) is 28.9 Å². The summed E-state index contributed by atoms with van der Waals surface area (Å²) in [5.41, 5.74) is 2.31. The van der Waals surface area contributed by atoms with E-state index in [0.29, 0.717) is 5.02 Å². The van der Waals surface area contributed by atoms with Gasteiger partial charge in [0.25, 0.3) is 0 Å². The third kappa shape index (κ3) is 1.87. The average molecular weight is 296 g/mol. The average Bonchev–Trinajstić information content (AvgIpc) is 2.63. The number of benzene rings is 1. The lowest BCUT2D eigenvalue weighted by Gasteiger charge is -2.03. The van der Waals surface area contributed by atoms with E-state index in [4.69, 9.17) is 18.0 Å². The zero-order chi connectivity index (χ0) is 11.7. The van der Waals surface area contributed by atoms with Gasteiger partial charge in [-0.15, -0.1) is 6.42 Å². The van der Waals surface area contributed by atoms with E-state index in [1.54, 1.807) is 10.9 Å². The predicted octanol–water partition coefficient (Wildman–Crippen LogP) is 3.48. The van der Waals surface area contributed by atoms with Crippen LogP contribution in [0.5, 0.6) is 0 Å². The van der Waals surface area contributed by atoms with E-state index < -0.39 is 0 Å². The molecule has 4 heteroatoms. The second kappa shape index (κ2) is 4.32. The lowest BCUT2D eigenvalue weighted by molar-refractivity contribution is 0.771. The van der Waals surface area contributed by atoms with Gasteiger partial charge in [-0.05, 0) is 22.0 Å². The Labute approximate surface area is 107 Å². The fraction of sp³-hybridized carbons (Fsp3) is 0.0833. The molecule has 0 aliphatic rings. The Kier molecular flexibility index (Phi) is 3.04.